The molecule has 3 rings (SSSR count). The Balaban J connectivity index is 1.75. The summed E-state index contributed by atoms with van der Waals surface area (Å²) in [5.74, 6) is 0. The van der Waals surface area contributed by atoms with Gasteiger partial charge in [0.2, 0.25) is 0 Å². The Morgan fingerprint density at radius 2 is 1.12 bits per heavy atom. The zero-order valence-electron chi connectivity index (χ0n) is 14.0. The van der Waals surface area contributed by atoms with Gasteiger partial charge in [0.25, 0.3) is 0 Å². The van der Waals surface area contributed by atoms with Crippen molar-refractivity contribution in [3.05, 3.63) is 67.6 Å². The third-order valence-corrected chi connectivity index (χ3v) is 5.55. The number of rotatable bonds is 4. The molecule has 0 amide bonds. The lowest BCUT2D eigenvalue weighted by Crippen LogP contribution is -2.27. The maximum atomic E-state index is 6.22. The molecule has 1 saturated carbocycles. The van der Waals surface area contributed by atoms with E-state index in [1.54, 1.807) is 12.1 Å². The minimum atomic E-state index is 0.137. The van der Waals surface area contributed by atoms with Gasteiger partial charge < -0.3 is 0 Å². The average Bonchev–Trinajstić information content (AvgIpc) is 2.61. The van der Waals surface area contributed by atoms with Crippen molar-refractivity contribution < 1.29 is 0 Å². The summed E-state index contributed by atoms with van der Waals surface area (Å²) in [5.41, 5.74) is 1.73. The molecule has 0 heterocycles. The highest BCUT2D eigenvalue weighted by Gasteiger charge is 2.23. The molecule has 1 fully saturated rings. The van der Waals surface area contributed by atoms with E-state index in [0.717, 1.165) is 36.8 Å². The van der Waals surface area contributed by atoms with Crippen molar-refractivity contribution in [2.75, 3.05) is 0 Å². The van der Waals surface area contributed by atoms with Crippen LogP contribution < -0.4 is 0 Å². The van der Waals surface area contributed by atoms with Crippen LogP contribution in [0.1, 0.15) is 36.8 Å². The predicted molar refractivity (Wildman–Crippen MR) is 114 cm³/mol. The molecular formula is C20H18Cl4N2. The first-order chi connectivity index (χ1) is 12.5. The van der Waals surface area contributed by atoms with Crippen LogP contribution in [0.2, 0.25) is 20.1 Å². The smallest absolute Gasteiger partial charge is 0.0723 e. The summed E-state index contributed by atoms with van der Waals surface area (Å²) in [6, 6.07) is 11.1. The summed E-state index contributed by atoms with van der Waals surface area (Å²) in [5, 5.41) is 2.44. The van der Waals surface area contributed by atoms with Crippen LogP contribution in [0, 0.1) is 0 Å². The molecule has 0 saturated heterocycles. The number of hydrogen-bond donors (Lipinski definition) is 0. The van der Waals surface area contributed by atoms with Gasteiger partial charge in [0.1, 0.15) is 0 Å². The maximum Gasteiger partial charge on any atom is 0.0723 e. The summed E-state index contributed by atoms with van der Waals surface area (Å²) < 4.78 is 0. The normalized spacial score (nSPS) is 20.9. The molecule has 0 unspecified atom stereocenters. The molecule has 2 nitrogen and oxygen atoms in total. The van der Waals surface area contributed by atoms with E-state index >= 15 is 0 Å². The van der Waals surface area contributed by atoms with Gasteiger partial charge in [-0.3, -0.25) is 9.98 Å². The first kappa shape index (κ1) is 19.7. The number of halogens is 4. The lowest BCUT2D eigenvalue weighted by Gasteiger charge is -2.25. The monoisotopic (exact) mass is 426 g/mol. The van der Waals surface area contributed by atoms with Gasteiger partial charge in [-0.2, -0.15) is 0 Å². The zero-order valence-corrected chi connectivity index (χ0v) is 17.0. The lowest BCUT2D eigenvalue weighted by atomic mass is 9.91. The van der Waals surface area contributed by atoms with Gasteiger partial charge in [0.15, 0.2) is 0 Å². The van der Waals surface area contributed by atoms with E-state index in [2.05, 4.69) is 0 Å². The minimum Gasteiger partial charge on any atom is -0.287 e. The van der Waals surface area contributed by atoms with E-state index in [-0.39, 0.29) is 12.1 Å². The fraction of sp³-hybridized carbons (Fsp3) is 0.300. The fourth-order valence-corrected chi connectivity index (χ4v) is 3.92. The number of nitrogens with zero attached hydrogens (tertiary/aromatic N) is 2. The first-order valence-corrected chi connectivity index (χ1v) is 10.0. The highest BCUT2D eigenvalue weighted by molar-refractivity contribution is 6.36. The van der Waals surface area contributed by atoms with Gasteiger partial charge in [0.05, 0.1) is 22.1 Å². The Kier molecular flexibility index (Phi) is 6.99. The van der Waals surface area contributed by atoms with E-state index in [4.69, 9.17) is 56.4 Å². The van der Waals surface area contributed by atoms with Gasteiger partial charge in [0, 0.05) is 33.6 Å². The van der Waals surface area contributed by atoms with E-state index in [9.17, 15) is 0 Å². The Labute approximate surface area is 173 Å². The second-order valence-electron chi connectivity index (χ2n) is 6.31. The topological polar surface area (TPSA) is 24.7 Å². The highest BCUT2D eigenvalue weighted by Crippen LogP contribution is 2.26. The average molecular weight is 428 g/mol. The fourth-order valence-electron chi connectivity index (χ4n) is 3.00. The van der Waals surface area contributed by atoms with Gasteiger partial charge in [-0.05, 0) is 37.1 Å². The summed E-state index contributed by atoms with van der Waals surface area (Å²) >= 11 is 24.3. The largest absolute Gasteiger partial charge is 0.287 e. The Bertz CT molecular complexity index is 763. The van der Waals surface area contributed by atoms with Crippen LogP contribution in [-0.4, -0.2) is 24.5 Å². The van der Waals surface area contributed by atoms with Crippen molar-refractivity contribution in [3.63, 3.8) is 0 Å². The Hall–Kier alpha value is -1.06. The molecule has 0 aliphatic heterocycles. The quantitative estimate of drug-likeness (QED) is 0.462. The lowest BCUT2D eigenvalue weighted by molar-refractivity contribution is 0.390. The summed E-state index contributed by atoms with van der Waals surface area (Å²) in [7, 11) is 0. The van der Waals surface area contributed by atoms with Gasteiger partial charge in [-0.25, -0.2) is 0 Å². The molecule has 1 aliphatic rings. The first-order valence-electron chi connectivity index (χ1n) is 8.49. The highest BCUT2D eigenvalue weighted by atomic mass is 35.5. The molecule has 6 heteroatoms. The van der Waals surface area contributed by atoms with Crippen molar-refractivity contribution >= 4 is 58.8 Å². The van der Waals surface area contributed by atoms with Crippen molar-refractivity contribution in [1.82, 2.24) is 0 Å². The standard InChI is InChI=1S/C20H18Cl4N2/c21-15-7-5-13(17(23)9-15)11-25-19-3-1-2-4-20(19)26-12-14-6-8-16(22)10-18(14)24/h5-12,19-20H,1-4H2/t19-,20-/m1/s1. The summed E-state index contributed by atoms with van der Waals surface area (Å²) in [4.78, 5) is 9.51. The molecule has 2 atom stereocenters. The van der Waals surface area contributed by atoms with Crippen LogP contribution in [0.4, 0.5) is 0 Å². The van der Waals surface area contributed by atoms with Crippen molar-refractivity contribution in [1.29, 1.82) is 0 Å². The molecule has 2 aromatic carbocycles. The van der Waals surface area contributed by atoms with Crippen LogP contribution in [0.3, 0.4) is 0 Å². The number of benzene rings is 2. The number of aliphatic imine (C=N–C) groups is 2. The van der Waals surface area contributed by atoms with Gasteiger partial charge in [-0.15, -0.1) is 0 Å². The molecule has 0 aromatic heterocycles. The molecule has 136 valence electrons. The molecule has 0 N–H and O–H groups in total. The van der Waals surface area contributed by atoms with E-state index < -0.39 is 0 Å². The minimum absolute atomic E-state index is 0.137. The second kappa shape index (κ2) is 9.23. The predicted octanol–water partition coefficient (Wildman–Crippen LogP) is 7.15. The van der Waals surface area contributed by atoms with Crippen LogP contribution in [0.5, 0.6) is 0 Å². The zero-order chi connectivity index (χ0) is 18.5. The van der Waals surface area contributed by atoms with Crippen LogP contribution in [0.15, 0.2) is 46.4 Å². The SMILES string of the molecule is Clc1ccc(C=N[C@@H]2CCCC[C@H]2N=Cc2ccc(Cl)cc2Cl)c(Cl)c1. The van der Waals surface area contributed by atoms with E-state index in [0.29, 0.717) is 20.1 Å². The molecular weight excluding hydrogens is 410 g/mol. The third-order valence-electron chi connectivity index (χ3n) is 4.43. The second-order valence-corrected chi connectivity index (χ2v) is 7.99. The van der Waals surface area contributed by atoms with Crippen LogP contribution >= 0.6 is 46.4 Å². The van der Waals surface area contributed by atoms with Crippen LogP contribution in [0.25, 0.3) is 0 Å². The Morgan fingerprint density at radius 3 is 1.50 bits per heavy atom. The Morgan fingerprint density at radius 1 is 0.692 bits per heavy atom. The molecule has 0 spiro atoms. The summed E-state index contributed by atoms with van der Waals surface area (Å²) in [6.45, 7) is 0. The van der Waals surface area contributed by atoms with Crippen molar-refractivity contribution in [2.45, 2.75) is 37.8 Å². The van der Waals surface area contributed by atoms with E-state index in [1.165, 1.54) is 0 Å². The molecule has 0 bridgehead atoms. The van der Waals surface area contributed by atoms with Gasteiger partial charge in [-0.1, -0.05) is 71.4 Å². The number of hydrogen-bond acceptors (Lipinski definition) is 2. The summed E-state index contributed by atoms with van der Waals surface area (Å²) in [6.07, 6.45) is 7.99. The van der Waals surface area contributed by atoms with Crippen LogP contribution in [-0.2, 0) is 0 Å². The molecule has 1 aliphatic carbocycles. The molecule has 26 heavy (non-hydrogen) atoms. The van der Waals surface area contributed by atoms with Gasteiger partial charge >= 0.3 is 0 Å². The maximum absolute atomic E-state index is 6.22. The van der Waals surface area contributed by atoms with E-state index in [1.807, 2.05) is 36.7 Å². The van der Waals surface area contributed by atoms with Crippen molar-refractivity contribution in [2.24, 2.45) is 9.98 Å². The molecule has 2 aromatic rings. The molecule has 0 radical (unpaired) electrons. The third kappa shape index (κ3) is 5.23. The van der Waals surface area contributed by atoms with Crippen molar-refractivity contribution in [3.8, 4) is 0 Å².